The Balaban J connectivity index is 4.66. The van der Waals surface area contributed by atoms with E-state index in [0.29, 0.717) is 19.1 Å². The summed E-state index contributed by atoms with van der Waals surface area (Å²) in [5.41, 5.74) is 5.92. The van der Waals surface area contributed by atoms with Crippen LogP contribution in [0.1, 0.15) is 60.3 Å². The van der Waals surface area contributed by atoms with Gasteiger partial charge in [0.15, 0.2) is 0 Å². The zero-order valence-electron chi connectivity index (χ0n) is 13.5. The van der Waals surface area contributed by atoms with E-state index in [9.17, 15) is 4.79 Å². The van der Waals surface area contributed by atoms with Crippen LogP contribution in [0.3, 0.4) is 0 Å². The van der Waals surface area contributed by atoms with Crippen LogP contribution < -0.4 is 11.1 Å². The van der Waals surface area contributed by atoms with Crippen molar-refractivity contribution in [1.29, 1.82) is 0 Å². The van der Waals surface area contributed by atoms with Crippen LogP contribution in [0.5, 0.6) is 0 Å². The Morgan fingerprint density at radius 1 is 1.16 bits per heavy atom. The molecule has 0 radical (unpaired) electrons. The number of amides is 1. The van der Waals surface area contributed by atoms with E-state index < -0.39 is 0 Å². The van der Waals surface area contributed by atoms with Crippen LogP contribution in [0.15, 0.2) is 0 Å². The third-order valence-corrected chi connectivity index (χ3v) is 4.43. The van der Waals surface area contributed by atoms with E-state index in [1.165, 1.54) is 0 Å². The second-order valence-corrected chi connectivity index (χ2v) is 5.23. The normalized spacial score (nSPS) is 12.2. The molecule has 0 unspecified atom stereocenters. The monoisotopic (exact) mass is 271 g/mol. The summed E-state index contributed by atoms with van der Waals surface area (Å²) in [6.45, 7) is 12.5. The van der Waals surface area contributed by atoms with Gasteiger partial charge in [-0.15, -0.1) is 0 Å². The van der Waals surface area contributed by atoms with Gasteiger partial charge in [0, 0.05) is 18.1 Å². The molecule has 0 aliphatic rings. The molecular formula is C15H33N3O. The van der Waals surface area contributed by atoms with Crippen molar-refractivity contribution in [3.8, 4) is 0 Å². The van der Waals surface area contributed by atoms with E-state index in [1.807, 2.05) is 0 Å². The highest BCUT2D eigenvalue weighted by atomic mass is 16.2. The average Bonchev–Trinajstić information content (AvgIpc) is 2.45. The van der Waals surface area contributed by atoms with Crippen molar-refractivity contribution in [2.45, 2.75) is 71.9 Å². The van der Waals surface area contributed by atoms with Crippen molar-refractivity contribution in [1.82, 2.24) is 10.2 Å². The second kappa shape index (κ2) is 9.32. The van der Waals surface area contributed by atoms with Crippen LogP contribution in [0, 0.1) is 0 Å². The van der Waals surface area contributed by atoms with Crippen LogP contribution in [0.25, 0.3) is 0 Å². The Bertz CT molecular complexity index is 240. The SMILES string of the molecule is CCC(CC)NC(=O)CN(CC)C(CC)(CC)CN. The smallest absolute Gasteiger partial charge is 0.234 e. The molecule has 0 aliphatic carbocycles. The number of hydrogen-bond acceptors (Lipinski definition) is 3. The van der Waals surface area contributed by atoms with Crippen LogP contribution in [-0.4, -0.2) is 42.0 Å². The molecule has 0 fully saturated rings. The molecule has 19 heavy (non-hydrogen) atoms. The number of carbonyl (C=O) groups is 1. The summed E-state index contributed by atoms with van der Waals surface area (Å²) in [4.78, 5) is 14.4. The lowest BCUT2D eigenvalue weighted by atomic mass is 9.90. The molecule has 0 aromatic rings. The highest BCUT2D eigenvalue weighted by Crippen LogP contribution is 2.22. The first-order chi connectivity index (χ1) is 9.03. The number of likely N-dealkylation sites (N-methyl/N-ethyl adjacent to an activating group) is 1. The Hall–Kier alpha value is -0.610. The molecule has 3 N–H and O–H groups in total. The van der Waals surface area contributed by atoms with Crippen molar-refractivity contribution < 1.29 is 4.79 Å². The third kappa shape index (κ3) is 5.11. The molecule has 0 saturated heterocycles. The second-order valence-electron chi connectivity index (χ2n) is 5.23. The zero-order valence-corrected chi connectivity index (χ0v) is 13.5. The van der Waals surface area contributed by atoms with Crippen LogP contribution in [0.2, 0.25) is 0 Å². The molecule has 0 heterocycles. The van der Waals surface area contributed by atoms with Gasteiger partial charge in [0.05, 0.1) is 6.54 Å². The Labute approximate surface area is 119 Å². The minimum absolute atomic E-state index is 0.0417. The van der Waals surface area contributed by atoms with E-state index in [0.717, 1.165) is 32.2 Å². The first-order valence-electron chi connectivity index (χ1n) is 7.77. The molecule has 0 aliphatic heterocycles. The maximum absolute atomic E-state index is 12.1. The van der Waals surface area contributed by atoms with Crippen molar-refractivity contribution in [2.24, 2.45) is 5.73 Å². The lowest BCUT2D eigenvalue weighted by Crippen LogP contribution is -2.56. The van der Waals surface area contributed by atoms with Gasteiger partial charge >= 0.3 is 0 Å². The number of rotatable bonds is 10. The van der Waals surface area contributed by atoms with Gasteiger partial charge in [0.25, 0.3) is 0 Å². The van der Waals surface area contributed by atoms with Crippen LogP contribution in [0.4, 0.5) is 0 Å². The van der Waals surface area contributed by atoms with Crippen molar-refractivity contribution in [3.63, 3.8) is 0 Å². The summed E-state index contributed by atoms with van der Waals surface area (Å²) >= 11 is 0. The minimum Gasteiger partial charge on any atom is -0.352 e. The first-order valence-corrected chi connectivity index (χ1v) is 7.77. The van der Waals surface area contributed by atoms with Gasteiger partial charge in [-0.05, 0) is 32.2 Å². The first kappa shape index (κ1) is 18.4. The van der Waals surface area contributed by atoms with Gasteiger partial charge in [-0.2, -0.15) is 0 Å². The molecular weight excluding hydrogens is 238 g/mol. The maximum atomic E-state index is 12.1. The van der Waals surface area contributed by atoms with E-state index >= 15 is 0 Å². The van der Waals surface area contributed by atoms with Crippen LogP contribution in [-0.2, 0) is 4.79 Å². The summed E-state index contributed by atoms with van der Waals surface area (Å²) in [6.07, 6.45) is 3.92. The molecule has 0 atom stereocenters. The number of nitrogens with one attached hydrogen (secondary N) is 1. The largest absolute Gasteiger partial charge is 0.352 e. The fourth-order valence-corrected chi connectivity index (χ4v) is 2.67. The average molecular weight is 271 g/mol. The molecule has 0 aromatic heterocycles. The molecule has 0 saturated carbocycles. The van der Waals surface area contributed by atoms with E-state index in [-0.39, 0.29) is 11.4 Å². The zero-order chi connectivity index (χ0) is 14.9. The minimum atomic E-state index is -0.0417. The molecule has 114 valence electrons. The summed E-state index contributed by atoms with van der Waals surface area (Å²) in [5.74, 6) is 0.121. The molecule has 0 spiro atoms. The lowest BCUT2D eigenvalue weighted by molar-refractivity contribution is -0.124. The molecule has 4 nitrogen and oxygen atoms in total. The summed E-state index contributed by atoms with van der Waals surface area (Å²) in [7, 11) is 0. The maximum Gasteiger partial charge on any atom is 0.234 e. The molecule has 0 aromatic carbocycles. The number of nitrogens with zero attached hydrogens (tertiary/aromatic N) is 1. The summed E-state index contributed by atoms with van der Waals surface area (Å²) in [6, 6.07) is 0.293. The summed E-state index contributed by atoms with van der Waals surface area (Å²) in [5, 5.41) is 3.10. The molecule has 4 heteroatoms. The quantitative estimate of drug-likeness (QED) is 0.640. The van der Waals surface area contributed by atoms with Gasteiger partial charge in [-0.3, -0.25) is 9.69 Å². The van der Waals surface area contributed by atoms with Gasteiger partial charge < -0.3 is 11.1 Å². The Morgan fingerprint density at radius 2 is 1.68 bits per heavy atom. The van der Waals surface area contributed by atoms with E-state index in [4.69, 9.17) is 5.73 Å². The fraction of sp³-hybridized carbons (Fsp3) is 0.933. The fourth-order valence-electron chi connectivity index (χ4n) is 2.67. The number of nitrogens with two attached hydrogens (primary N) is 1. The summed E-state index contributed by atoms with van der Waals surface area (Å²) < 4.78 is 0. The predicted molar refractivity (Wildman–Crippen MR) is 82.1 cm³/mol. The predicted octanol–water partition coefficient (Wildman–Crippen LogP) is 2.13. The van der Waals surface area contributed by atoms with Gasteiger partial charge in [0.2, 0.25) is 5.91 Å². The van der Waals surface area contributed by atoms with E-state index in [1.54, 1.807) is 0 Å². The number of hydrogen-bond donors (Lipinski definition) is 2. The van der Waals surface area contributed by atoms with Crippen molar-refractivity contribution in [3.05, 3.63) is 0 Å². The molecule has 0 rings (SSSR count). The van der Waals surface area contributed by atoms with Crippen LogP contribution >= 0.6 is 0 Å². The van der Waals surface area contributed by atoms with Gasteiger partial charge in [0.1, 0.15) is 0 Å². The van der Waals surface area contributed by atoms with Gasteiger partial charge in [-0.25, -0.2) is 0 Å². The Morgan fingerprint density at radius 3 is 2.00 bits per heavy atom. The highest BCUT2D eigenvalue weighted by Gasteiger charge is 2.32. The number of carbonyl (C=O) groups excluding carboxylic acids is 1. The van der Waals surface area contributed by atoms with Gasteiger partial charge in [-0.1, -0.05) is 34.6 Å². The standard InChI is InChI=1S/C15H33N3O/c1-6-13(7-2)17-14(19)11-18(10-5)15(8-3,9-4)12-16/h13H,6-12,16H2,1-5H3,(H,17,19). The highest BCUT2D eigenvalue weighted by molar-refractivity contribution is 5.78. The van der Waals surface area contributed by atoms with Crippen molar-refractivity contribution in [2.75, 3.05) is 19.6 Å². The topological polar surface area (TPSA) is 58.4 Å². The van der Waals surface area contributed by atoms with Crippen molar-refractivity contribution >= 4 is 5.91 Å². The van der Waals surface area contributed by atoms with E-state index in [2.05, 4.69) is 44.8 Å². The third-order valence-electron chi connectivity index (χ3n) is 4.43. The lowest BCUT2D eigenvalue weighted by Gasteiger charge is -2.41. The molecule has 1 amide bonds. The Kier molecular flexibility index (Phi) is 9.02. The molecule has 0 bridgehead atoms.